The summed E-state index contributed by atoms with van der Waals surface area (Å²) in [5.41, 5.74) is 5.21. The van der Waals surface area contributed by atoms with Crippen molar-refractivity contribution in [3.63, 3.8) is 0 Å². The minimum absolute atomic E-state index is 0.573. The van der Waals surface area contributed by atoms with Gasteiger partial charge in [-0.3, -0.25) is 0 Å². The predicted octanol–water partition coefficient (Wildman–Crippen LogP) is 0.969. The smallest absolute Gasteiger partial charge is 0.00768 e. The molecule has 3 N–H and O–H groups in total. The van der Waals surface area contributed by atoms with Crippen LogP contribution in [0, 0.1) is 0 Å². The molecule has 0 aromatic rings. The summed E-state index contributed by atoms with van der Waals surface area (Å²) in [5, 5.41) is 3.17. The lowest BCUT2D eigenvalue weighted by atomic mass is 10.4. The Morgan fingerprint density at radius 3 is 1.89 bits per heavy atom. The van der Waals surface area contributed by atoms with E-state index in [2.05, 4.69) is 19.2 Å². The average molecular weight is 132 g/mol. The largest absolute Gasteiger partial charge is 0.329 e. The van der Waals surface area contributed by atoms with Crippen molar-refractivity contribution in [3.05, 3.63) is 0 Å². The monoisotopic (exact) mass is 132 g/mol. The van der Waals surface area contributed by atoms with E-state index < -0.39 is 0 Å². The maximum Gasteiger partial charge on any atom is 0.00768 e. The molecular weight excluding hydrogens is 112 g/mol. The van der Waals surface area contributed by atoms with Gasteiger partial charge in [-0.2, -0.15) is 0 Å². The summed E-state index contributed by atoms with van der Waals surface area (Å²) in [6, 6.07) is 0.573. The molecular formula is C7H20N2. The topological polar surface area (TPSA) is 38.0 Å². The van der Waals surface area contributed by atoms with E-state index in [9.17, 15) is 0 Å². The second-order valence-electron chi connectivity index (χ2n) is 1.90. The third kappa shape index (κ3) is 18.1. The number of nitrogens with one attached hydrogen (secondary N) is 1. The van der Waals surface area contributed by atoms with Crippen LogP contribution >= 0.6 is 0 Å². The molecule has 0 aliphatic rings. The van der Waals surface area contributed by atoms with Gasteiger partial charge in [0.2, 0.25) is 0 Å². The maximum atomic E-state index is 5.21. The number of rotatable bonds is 3. The van der Waals surface area contributed by atoms with Gasteiger partial charge in [-0.15, -0.1) is 0 Å². The quantitative estimate of drug-likeness (QED) is 0.600. The third-order valence-electron chi connectivity index (χ3n) is 0.697. The van der Waals surface area contributed by atoms with Gasteiger partial charge in [-0.1, -0.05) is 27.7 Å². The van der Waals surface area contributed by atoms with E-state index >= 15 is 0 Å². The number of hydrogen-bond acceptors (Lipinski definition) is 2. The summed E-state index contributed by atoms with van der Waals surface area (Å²) in [6.45, 7) is 9.88. The van der Waals surface area contributed by atoms with Crippen LogP contribution in [0.15, 0.2) is 0 Å². The molecule has 0 aliphatic carbocycles. The molecule has 2 heteroatoms. The summed E-state index contributed by atoms with van der Waals surface area (Å²) in [5.74, 6) is 0. The van der Waals surface area contributed by atoms with Gasteiger partial charge in [0.05, 0.1) is 0 Å². The molecule has 0 saturated heterocycles. The summed E-state index contributed by atoms with van der Waals surface area (Å²) >= 11 is 0. The highest BCUT2D eigenvalue weighted by atomic mass is 14.9. The maximum absolute atomic E-state index is 5.21. The Morgan fingerprint density at radius 1 is 1.33 bits per heavy atom. The van der Waals surface area contributed by atoms with Crippen LogP contribution in [0.2, 0.25) is 0 Å². The van der Waals surface area contributed by atoms with Gasteiger partial charge in [0.1, 0.15) is 0 Å². The van der Waals surface area contributed by atoms with E-state index in [0.29, 0.717) is 6.04 Å². The predicted molar refractivity (Wildman–Crippen MR) is 43.5 cm³/mol. The zero-order valence-electron chi connectivity index (χ0n) is 7.07. The van der Waals surface area contributed by atoms with Gasteiger partial charge in [-0.05, 0) is 0 Å². The van der Waals surface area contributed by atoms with E-state index in [1.165, 1.54) is 0 Å². The molecule has 0 rings (SSSR count). The normalized spacial score (nSPS) is 8.67. The Hall–Kier alpha value is -0.0800. The Bertz CT molecular complexity index is 35.9. The van der Waals surface area contributed by atoms with Gasteiger partial charge >= 0.3 is 0 Å². The summed E-state index contributed by atoms with van der Waals surface area (Å²) < 4.78 is 0. The summed E-state index contributed by atoms with van der Waals surface area (Å²) in [6.07, 6.45) is 0. The first-order valence-electron chi connectivity index (χ1n) is 3.71. The molecule has 0 amide bonds. The minimum Gasteiger partial charge on any atom is -0.329 e. The SMILES string of the molecule is CC.CC(C)NCCN. The van der Waals surface area contributed by atoms with Crippen LogP contribution in [-0.4, -0.2) is 19.1 Å². The average Bonchev–Trinajstić information content (AvgIpc) is 1.88. The molecule has 2 nitrogen and oxygen atoms in total. The molecule has 0 aromatic carbocycles. The Kier molecular flexibility index (Phi) is 14.0. The second kappa shape index (κ2) is 10.8. The Balaban J connectivity index is 0. The number of nitrogens with two attached hydrogens (primary N) is 1. The van der Waals surface area contributed by atoms with Crippen molar-refractivity contribution in [2.24, 2.45) is 5.73 Å². The minimum atomic E-state index is 0.573. The van der Waals surface area contributed by atoms with Crippen molar-refractivity contribution in [2.45, 2.75) is 33.7 Å². The summed E-state index contributed by atoms with van der Waals surface area (Å²) in [7, 11) is 0. The molecule has 0 unspecified atom stereocenters. The first-order chi connectivity index (χ1) is 4.27. The van der Waals surface area contributed by atoms with Crippen molar-refractivity contribution in [3.8, 4) is 0 Å². The van der Waals surface area contributed by atoms with Crippen LogP contribution in [-0.2, 0) is 0 Å². The molecule has 0 atom stereocenters. The van der Waals surface area contributed by atoms with Crippen molar-refractivity contribution in [1.82, 2.24) is 5.32 Å². The van der Waals surface area contributed by atoms with Gasteiger partial charge in [0.15, 0.2) is 0 Å². The van der Waals surface area contributed by atoms with Gasteiger partial charge in [0.25, 0.3) is 0 Å². The van der Waals surface area contributed by atoms with Crippen molar-refractivity contribution in [2.75, 3.05) is 13.1 Å². The van der Waals surface area contributed by atoms with Crippen LogP contribution in [0.4, 0.5) is 0 Å². The molecule has 0 spiro atoms. The first kappa shape index (κ1) is 11.7. The first-order valence-corrected chi connectivity index (χ1v) is 3.71. The lowest BCUT2D eigenvalue weighted by molar-refractivity contribution is 0.596. The molecule has 0 aromatic heterocycles. The zero-order valence-corrected chi connectivity index (χ0v) is 7.07. The highest BCUT2D eigenvalue weighted by Gasteiger charge is 1.85. The fourth-order valence-corrected chi connectivity index (χ4v) is 0.372. The Morgan fingerprint density at radius 2 is 1.78 bits per heavy atom. The van der Waals surface area contributed by atoms with Gasteiger partial charge in [-0.25, -0.2) is 0 Å². The van der Waals surface area contributed by atoms with E-state index in [1.54, 1.807) is 0 Å². The van der Waals surface area contributed by atoms with Crippen LogP contribution in [0.1, 0.15) is 27.7 Å². The fraction of sp³-hybridized carbons (Fsp3) is 1.00. The standard InChI is InChI=1S/C5H14N2.C2H6/c1-5(2)7-4-3-6;1-2/h5,7H,3-4,6H2,1-2H3;1-2H3. The van der Waals surface area contributed by atoms with Crippen molar-refractivity contribution >= 4 is 0 Å². The lowest BCUT2D eigenvalue weighted by Crippen LogP contribution is -2.28. The highest BCUT2D eigenvalue weighted by molar-refractivity contribution is 4.50. The third-order valence-corrected chi connectivity index (χ3v) is 0.697. The highest BCUT2D eigenvalue weighted by Crippen LogP contribution is 1.70. The fourth-order valence-electron chi connectivity index (χ4n) is 0.372. The molecule has 0 bridgehead atoms. The van der Waals surface area contributed by atoms with Crippen LogP contribution < -0.4 is 11.1 Å². The molecule has 0 saturated carbocycles. The Labute approximate surface area is 58.8 Å². The van der Waals surface area contributed by atoms with E-state index in [1.807, 2.05) is 13.8 Å². The molecule has 0 heterocycles. The van der Waals surface area contributed by atoms with E-state index in [4.69, 9.17) is 5.73 Å². The van der Waals surface area contributed by atoms with Gasteiger partial charge < -0.3 is 11.1 Å². The van der Waals surface area contributed by atoms with E-state index in [0.717, 1.165) is 13.1 Å². The van der Waals surface area contributed by atoms with Crippen LogP contribution in [0.25, 0.3) is 0 Å². The zero-order chi connectivity index (χ0) is 7.70. The molecule has 0 aliphatic heterocycles. The van der Waals surface area contributed by atoms with Crippen LogP contribution in [0.5, 0.6) is 0 Å². The lowest BCUT2D eigenvalue weighted by Gasteiger charge is -2.03. The second-order valence-corrected chi connectivity index (χ2v) is 1.90. The van der Waals surface area contributed by atoms with Crippen molar-refractivity contribution < 1.29 is 0 Å². The molecule has 58 valence electrons. The van der Waals surface area contributed by atoms with Gasteiger partial charge in [0, 0.05) is 19.1 Å². The van der Waals surface area contributed by atoms with Crippen molar-refractivity contribution in [1.29, 1.82) is 0 Å². The number of hydrogen-bond donors (Lipinski definition) is 2. The summed E-state index contributed by atoms with van der Waals surface area (Å²) in [4.78, 5) is 0. The molecule has 9 heavy (non-hydrogen) atoms. The molecule has 0 radical (unpaired) electrons. The van der Waals surface area contributed by atoms with Crippen LogP contribution in [0.3, 0.4) is 0 Å². The molecule has 0 fully saturated rings. The van der Waals surface area contributed by atoms with E-state index in [-0.39, 0.29) is 0 Å².